The van der Waals surface area contributed by atoms with Crippen LogP contribution in [-0.4, -0.2) is 43.9 Å². The fourth-order valence-electron chi connectivity index (χ4n) is 2.12. The van der Waals surface area contributed by atoms with E-state index in [0.29, 0.717) is 5.56 Å². The lowest BCUT2D eigenvalue weighted by molar-refractivity contribution is 0.112. The number of nitrogens with one attached hydrogen (secondary N) is 1. The van der Waals surface area contributed by atoms with E-state index in [1.807, 2.05) is 0 Å². The van der Waals surface area contributed by atoms with Crippen LogP contribution < -0.4 is 5.32 Å². The average molecular weight is 236 g/mol. The van der Waals surface area contributed by atoms with Crippen LogP contribution >= 0.6 is 0 Å². The first kappa shape index (κ1) is 12.2. The first-order valence-electron chi connectivity index (χ1n) is 5.96. The highest BCUT2D eigenvalue weighted by Gasteiger charge is 2.10. The molecule has 0 bridgehead atoms. The van der Waals surface area contributed by atoms with E-state index in [-0.39, 0.29) is 5.82 Å². The van der Waals surface area contributed by atoms with E-state index >= 15 is 0 Å². The highest BCUT2D eigenvalue weighted by Crippen LogP contribution is 2.11. The van der Waals surface area contributed by atoms with Crippen LogP contribution in [0.25, 0.3) is 0 Å². The van der Waals surface area contributed by atoms with E-state index in [9.17, 15) is 9.18 Å². The molecule has 1 aromatic rings. The van der Waals surface area contributed by atoms with E-state index < -0.39 is 0 Å². The molecule has 0 atom stereocenters. The highest BCUT2D eigenvalue weighted by molar-refractivity contribution is 5.77. The third-order valence-corrected chi connectivity index (χ3v) is 3.14. The Hall–Kier alpha value is -1.26. The Balaban J connectivity index is 1.97. The van der Waals surface area contributed by atoms with Gasteiger partial charge in [0.1, 0.15) is 12.1 Å². The molecule has 0 aromatic heterocycles. The predicted molar refractivity (Wildman–Crippen MR) is 64.8 cm³/mol. The fourth-order valence-corrected chi connectivity index (χ4v) is 2.12. The van der Waals surface area contributed by atoms with Gasteiger partial charge in [0.2, 0.25) is 0 Å². The molecule has 1 aromatic carbocycles. The van der Waals surface area contributed by atoms with E-state index in [4.69, 9.17) is 0 Å². The Morgan fingerprint density at radius 2 is 2.12 bits per heavy atom. The summed E-state index contributed by atoms with van der Waals surface area (Å²) < 4.78 is 13.1. The van der Waals surface area contributed by atoms with E-state index in [0.717, 1.165) is 51.0 Å². The van der Waals surface area contributed by atoms with Crippen LogP contribution in [0.5, 0.6) is 0 Å². The molecule has 92 valence electrons. The number of carbonyl (C=O) groups is 1. The van der Waals surface area contributed by atoms with Gasteiger partial charge in [0, 0.05) is 38.3 Å². The molecule has 0 unspecified atom stereocenters. The predicted octanol–water partition coefficient (Wildman–Crippen LogP) is 1.09. The summed E-state index contributed by atoms with van der Waals surface area (Å²) in [6.45, 7) is 4.93. The van der Waals surface area contributed by atoms with Gasteiger partial charge in [0.25, 0.3) is 0 Å². The van der Waals surface area contributed by atoms with Gasteiger partial charge in [-0.2, -0.15) is 0 Å². The smallest absolute Gasteiger partial charge is 0.150 e. The zero-order chi connectivity index (χ0) is 12.1. The number of carbonyl (C=O) groups excluding carboxylic acids is 1. The quantitative estimate of drug-likeness (QED) is 0.794. The molecule has 1 aliphatic heterocycles. The molecule has 0 amide bonds. The van der Waals surface area contributed by atoms with Crippen LogP contribution in [-0.2, 0) is 6.42 Å². The second-order valence-electron chi connectivity index (χ2n) is 4.30. The van der Waals surface area contributed by atoms with Crippen LogP contribution in [0.3, 0.4) is 0 Å². The third-order valence-electron chi connectivity index (χ3n) is 3.14. The molecule has 1 N–H and O–H groups in total. The molecular weight excluding hydrogens is 219 g/mol. The lowest BCUT2D eigenvalue weighted by Crippen LogP contribution is -2.44. The Kier molecular flexibility index (Phi) is 4.23. The van der Waals surface area contributed by atoms with Crippen LogP contribution in [0.4, 0.5) is 4.39 Å². The summed E-state index contributed by atoms with van der Waals surface area (Å²) in [5.41, 5.74) is 1.40. The van der Waals surface area contributed by atoms with Crippen molar-refractivity contribution in [1.29, 1.82) is 0 Å². The van der Waals surface area contributed by atoms with Crippen molar-refractivity contribution in [3.8, 4) is 0 Å². The average Bonchev–Trinajstić information content (AvgIpc) is 2.38. The molecule has 1 saturated heterocycles. The van der Waals surface area contributed by atoms with Gasteiger partial charge >= 0.3 is 0 Å². The fraction of sp³-hybridized carbons (Fsp3) is 0.462. The topological polar surface area (TPSA) is 32.3 Å². The number of rotatable bonds is 4. The summed E-state index contributed by atoms with van der Waals surface area (Å²) >= 11 is 0. The van der Waals surface area contributed by atoms with E-state index in [1.165, 1.54) is 12.1 Å². The maximum Gasteiger partial charge on any atom is 0.150 e. The minimum absolute atomic E-state index is 0.272. The third kappa shape index (κ3) is 3.35. The Morgan fingerprint density at radius 1 is 1.35 bits per heavy atom. The second kappa shape index (κ2) is 5.89. The summed E-state index contributed by atoms with van der Waals surface area (Å²) in [5.74, 6) is -0.272. The van der Waals surface area contributed by atoms with Crippen molar-refractivity contribution in [2.75, 3.05) is 32.7 Å². The van der Waals surface area contributed by atoms with Crippen LogP contribution in [0.15, 0.2) is 18.2 Å². The lowest BCUT2D eigenvalue weighted by atomic mass is 10.0. The van der Waals surface area contributed by atoms with Gasteiger partial charge in [-0.05, 0) is 30.2 Å². The molecule has 17 heavy (non-hydrogen) atoms. The van der Waals surface area contributed by atoms with Crippen molar-refractivity contribution in [2.24, 2.45) is 0 Å². The van der Waals surface area contributed by atoms with E-state index in [1.54, 1.807) is 6.07 Å². The molecule has 0 saturated carbocycles. The molecule has 4 heteroatoms. The summed E-state index contributed by atoms with van der Waals surface area (Å²) in [7, 11) is 0. The van der Waals surface area contributed by atoms with Crippen LogP contribution in [0.1, 0.15) is 15.9 Å². The van der Waals surface area contributed by atoms with Gasteiger partial charge in [-0.3, -0.25) is 4.79 Å². The minimum atomic E-state index is -0.272. The number of aldehydes is 1. The lowest BCUT2D eigenvalue weighted by Gasteiger charge is -2.27. The number of benzene rings is 1. The SMILES string of the molecule is O=Cc1ccc(F)cc1CCN1CCNCC1. The largest absolute Gasteiger partial charge is 0.314 e. The van der Waals surface area contributed by atoms with Crippen molar-refractivity contribution < 1.29 is 9.18 Å². The molecule has 0 spiro atoms. The number of piperazine rings is 1. The van der Waals surface area contributed by atoms with E-state index in [2.05, 4.69) is 10.2 Å². The summed E-state index contributed by atoms with van der Waals surface area (Å²) in [6.07, 6.45) is 1.53. The van der Waals surface area contributed by atoms with Crippen molar-refractivity contribution in [2.45, 2.75) is 6.42 Å². The monoisotopic (exact) mass is 236 g/mol. The first-order valence-corrected chi connectivity index (χ1v) is 5.96. The highest BCUT2D eigenvalue weighted by atomic mass is 19.1. The Morgan fingerprint density at radius 3 is 2.82 bits per heavy atom. The van der Waals surface area contributed by atoms with Crippen molar-refractivity contribution in [3.05, 3.63) is 35.1 Å². The molecule has 0 aliphatic carbocycles. The molecule has 1 fully saturated rings. The number of hydrogen-bond donors (Lipinski definition) is 1. The Bertz CT molecular complexity index is 389. The Labute approximate surface area is 101 Å². The zero-order valence-electron chi connectivity index (χ0n) is 9.79. The van der Waals surface area contributed by atoms with Gasteiger partial charge in [-0.25, -0.2) is 4.39 Å². The van der Waals surface area contributed by atoms with Crippen molar-refractivity contribution >= 4 is 6.29 Å². The summed E-state index contributed by atoms with van der Waals surface area (Å²) in [5, 5.41) is 3.29. The standard InChI is InChI=1S/C13H17FN2O/c14-13-2-1-12(10-17)11(9-13)3-6-16-7-4-15-5-8-16/h1-2,9-10,15H,3-8H2. The van der Waals surface area contributed by atoms with Gasteiger partial charge in [-0.15, -0.1) is 0 Å². The minimum Gasteiger partial charge on any atom is -0.314 e. The number of hydrogen-bond acceptors (Lipinski definition) is 3. The van der Waals surface area contributed by atoms with Crippen LogP contribution in [0.2, 0.25) is 0 Å². The normalized spacial score (nSPS) is 17.0. The first-order chi connectivity index (χ1) is 8.29. The molecule has 1 heterocycles. The van der Waals surface area contributed by atoms with Crippen molar-refractivity contribution in [3.63, 3.8) is 0 Å². The zero-order valence-corrected chi connectivity index (χ0v) is 9.79. The summed E-state index contributed by atoms with van der Waals surface area (Å²) in [4.78, 5) is 13.2. The number of halogens is 1. The maximum atomic E-state index is 13.1. The molecule has 3 nitrogen and oxygen atoms in total. The van der Waals surface area contributed by atoms with Crippen molar-refractivity contribution in [1.82, 2.24) is 10.2 Å². The van der Waals surface area contributed by atoms with Gasteiger partial charge in [0.15, 0.2) is 0 Å². The maximum absolute atomic E-state index is 13.1. The van der Waals surface area contributed by atoms with Gasteiger partial charge in [-0.1, -0.05) is 0 Å². The summed E-state index contributed by atoms with van der Waals surface area (Å²) in [6, 6.07) is 4.35. The van der Waals surface area contributed by atoms with Gasteiger partial charge < -0.3 is 10.2 Å². The molecule has 2 rings (SSSR count). The molecule has 1 aliphatic rings. The molecule has 0 radical (unpaired) electrons. The second-order valence-corrected chi connectivity index (χ2v) is 4.30. The van der Waals surface area contributed by atoms with Gasteiger partial charge in [0.05, 0.1) is 0 Å². The van der Waals surface area contributed by atoms with Crippen LogP contribution in [0, 0.1) is 5.82 Å². The number of nitrogens with zero attached hydrogens (tertiary/aromatic N) is 1. The molecular formula is C13H17FN2O.